The van der Waals surface area contributed by atoms with Gasteiger partial charge in [-0.15, -0.1) is 11.8 Å². The summed E-state index contributed by atoms with van der Waals surface area (Å²) in [4.78, 5) is 26.0. The molecule has 0 aliphatic carbocycles. The summed E-state index contributed by atoms with van der Waals surface area (Å²) < 4.78 is 10.7. The second-order valence-electron chi connectivity index (χ2n) is 5.65. The van der Waals surface area contributed by atoms with Gasteiger partial charge in [-0.2, -0.15) is 0 Å². The Morgan fingerprint density at radius 3 is 2.64 bits per heavy atom. The van der Waals surface area contributed by atoms with Crippen molar-refractivity contribution in [2.45, 2.75) is 12.3 Å². The fourth-order valence-corrected chi connectivity index (χ4v) is 3.99. The van der Waals surface area contributed by atoms with Gasteiger partial charge in [0.1, 0.15) is 16.9 Å². The number of hydrogen-bond donors (Lipinski definition) is 0. The number of Topliss-reactive ketones (excluding diaryl/α,β-unsaturated/α-hetero) is 1. The molecule has 2 aromatic rings. The smallest absolute Gasteiger partial charge is 0.238 e. The molecule has 5 nitrogen and oxygen atoms in total. The van der Waals surface area contributed by atoms with E-state index in [1.54, 1.807) is 37.3 Å². The van der Waals surface area contributed by atoms with Gasteiger partial charge >= 0.3 is 0 Å². The van der Waals surface area contributed by atoms with Crippen LogP contribution in [0.15, 0.2) is 42.5 Å². The Morgan fingerprint density at radius 1 is 1.16 bits per heavy atom. The lowest BCUT2D eigenvalue weighted by Gasteiger charge is -2.26. The molecule has 6 heteroatoms. The van der Waals surface area contributed by atoms with Gasteiger partial charge in [0.05, 0.1) is 25.7 Å². The molecule has 130 valence electrons. The zero-order chi connectivity index (χ0) is 18.0. The maximum absolute atomic E-state index is 12.6. The number of methoxy groups -OCH3 is 2. The third-order valence-corrected chi connectivity index (χ3v) is 5.30. The van der Waals surface area contributed by atoms with Crippen LogP contribution in [-0.2, 0) is 4.79 Å². The van der Waals surface area contributed by atoms with Crippen LogP contribution < -0.4 is 14.4 Å². The normalized spacial score (nSPS) is 16.8. The standard InChI is InChI=1S/C19H19NO4S/c1-12(21)13-5-4-6-14(9-13)19-20(18(22)11-25-19)16-8-7-15(23-2)10-17(16)24-3/h4-10,19H,11H2,1-3H3. The van der Waals surface area contributed by atoms with E-state index >= 15 is 0 Å². The molecule has 1 saturated heterocycles. The van der Waals surface area contributed by atoms with Crippen LogP contribution in [0.5, 0.6) is 11.5 Å². The Labute approximate surface area is 150 Å². The molecule has 0 radical (unpaired) electrons. The Kier molecular flexibility index (Phi) is 4.99. The van der Waals surface area contributed by atoms with Crippen LogP contribution in [0.1, 0.15) is 28.2 Å². The fraction of sp³-hybridized carbons (Fsp3) is 0.263. The number of ether oxygens (including phenoxy) is 2. The van der Waals surface area contributed by atoms with Gasteiger partial charge in [-0.05, 0) is 30.7 Å². The second-order valence-corrected chi connectivity index (χ2v) is 6.72. The molecular formula is C19H19NO4S. The summed E-state index contributed by atoms with van der Waals surface area (Å²) >= 11 is 1.53. The van der Waals surface area contributed by atoms with Crippen molar-refractivity contribution in [3.8, 4) is 11.5 Å². The van der Waals surface area contributed by atoms with E-state index in [0.717, 1.165) is 5.56 Å². The molecule has 0 bridgehead atoms. The van der Waals surface area contributed by atoms with Gasteiger partial charge in [-0.25, -0.2) is 0 Å². The molecule has 1 unspecified atom stereocenters. The lowest BCUT2D eigenvalue weighted by molar-refractivity contribution is -0.115. The molecule has 1 amide bonds. The van der Waals surface area contributed by atoms with Crippen LogP contribution in [-0.4, -0.2) is 31.7 Å². The minimum absolute atomic E-state index is 0.00440. The lowest BCUT2D eigenvalue weighted by atomic mass is 10.1. The summed E-state index contributed by atoms with van der Waals surface area (Å²) in [6.07, 6.45) is 0. The summed E-state index contributed by atoms with van der Waals surface area (Å²) in [6, 6.07) is 12.8. The van der Waals surface area contributed by atoms with Crippen LogP contribution in [0.4, 0.5) is 5.69 Å². The van der Waals surface area contributed by atoms with Crippen molar-refractivity contribution in [3.63, 3.8) is 0 Å². The number of benzene rings is 2. The van der Waals surface area contributed by atoms with Gasteiger partial charge < -0.3 is 9.47 Å². The number of thioether (sulfide) groups is 1. The van der Waals surface area contributed by atoms with E-state index in [9.17, 15) is 9.59 Å². The molecule has 1 aliphatic rings. The maximum atomic E-state index is 12.6. The number of carbonyl (C=O) groups is 2. The molecule has 0 spiro atoms. The van der Waals surface area contributed by atoms with Gasteiger partial charge in [0.15, 0.2) is 5.78 Å². The maximum Gasteiger partial charge on any atom is 0.238 e. The van der Waals surface area contributed by atoms with E-state index in [2.05, 4.69) is 0 Å². The average molecular weight is 357 g/mol. The topological polar surface area (TPSA) is 55.8 Å². The molecule has 25 heavy (non-hydrogen) atoms. The van der Waals surface area contributed by atoms with Crippen molar-refractivity contribution in [3.05, 3.63) is 53.6 Å². The molecule has 1 atom stereocenters. The van der Waals surface area contributed by atoms with E-state index in [0.29, 0.717) is 28.5 Å². The van der Waals surface area contributed by atoms with Crippen molar-refractivity contribution >= 4 is 29.1 Å². The van der Waals surface area contributed by atoms with E-state index < -0.39 is 0 Å². The van der Waals surface area contributed by atoms with Crippen LogP contribution in [0.3, 0.4) is 0 Å². The largest absolute Gasteiger partial charge is 0.497 e. The Hall–Kier alpha value is -2.47. The highest BCUT2D eigenvalue weighted by Crippen LogP contribution is 2.45. The number of anilines is 1. The molecule has 0 aromatic heterocycles. The van der Waals surface area contributed by atoms with Crippen LogP contribution >= 0.6 is 11.8 Å². The zero-order valence-electron chi connectivity index (χ0n) is 14.3. The van der Waals surface area contributed by atoms with E-state index in [-0.39, 0.29) is 17.1 Å². The van der Waals surface area contributed by atoms with Crippen molar-refractivity contribution < 1.29 is 19.1 Å². The van der Waals surface area contributed by atoms with E-state index in [4.69, 9.17) is 9.47 Å². The Balaban J connectivity index is 2.03. The monoisotopic (exact) mass is 357 g/mol. The first-order valence-electron chi connectivity index (χ1n) is 7.81. The second kappa shape index (κ2) is 7.19. The van der Waals surface area contributed by atoms with E-state index in [1.807, 2.05) is 24.3 Å². The van der Waals surface area contributed by atoms with Crippen molar-refractivity contribution in [2.24, 2.45) is 0 Å². The highest BCUT2D eigenvalue weighted by Gasteiger charge is 2.35. The SMILES string of the molecule is COc1ccc(N2C(=O)CSC2c2cccc(C(C)=O)c2)c(OC)c1. The number of hydrogen-bond acceptors (Lipinski definition) is 5. The van der Waals surface area contributed by atoms with Crippen LogP contribution in [0.25, 0.3) is 0 Å². The van der Waals surface area contributed by atoms with Gasteiger partial charge in [-0.1, -0.05) is 18.2 Å². The molecule has 1 fully saturated rings. The molecule has 1 aliphatic heterocycles. The molecule has 0 saturated carbocycles. The quantitative estimate of drug-likeness (QED) is 0.764. The summed E-state index contributed by atoms with van der Waals surface area (Å²) in [6.45, 7) is 1.54. The van der Waals surface area contributed by atoms with Crippen LogP contribution in [0, 0.1) is 0 Å². The first-order chi connectivity index (χ1) is 12.0. The number of rotatable bonds is 5. The summed E-state index contributed by atoms with van der Waals surface area (Å²) in [5.41, 5.74) is 2.25. The molecule has 1 heterocycles. The van der Waals surface area contributed by atoms with Crippen molar-refractivity contribution in [1.82, 2.24) is 0 Å². The predicted octanol–water partition coefficient (Wildman–Crippen LogP) is 3.69. The minimum Gasteiger partial charge on any atom is -0.497 e. The number of nitrogens with zero attached hydrogens (tertiary/aromatic N) is 1. The molecule has 0 N–H and O–H groups in total. The first kappa shape index (κ1) is 17.4. The zero-order valence-corrected chi connectivity index (χ0v) is 15.1. The molecule has 2 aromatic carbocycles. The lowest BCUT2D eigenvalue weighted by Crippen LogP contribution is -2.28. The third-order valence-electron chi connectivity index (χ3n) is 4.09. The van der Waals surface area contributed by atoms with Gasteiger partial charge in [0.2, 0.25) is 5.91 Å². The summed E-state index contributed by atoms with van der Waals surface area (Å²) in [5.74, 6) is 1.62. The van der Waals surface area contributed by atoms with Crippen LogP contribution in [0.2, 0.25) is 0 Å². The van der Waals surface area contributed by atoms with Gasteiger partial charge in [0.25, 0.3) is 0 Å². The highest BCUT2D eigenvalue weighted by atomic mass is 32.2. The van der Waals surface area contributed by atoms with Crippen molar-refractivity contribution in [1.29, 1.82) is 0 Å². The summed E-state index contributed by atoms with van der Waals surface area (Å²) in [5, 5.41) is -0.200. The Bertz CT molecular complexity index is 821. The van der Waals surface area contributed by atoms with Crippen molar-refractivity contribution in [2.75, 3.05) is 24.9 Å². The number of amides is 1. The average Bonchev–Trinajstić information content (AvgIpc) is 3.02. The number of ketones is 1. The summed E-state index contributed by atoms with van der Waals surface area (Å²) in [7, 11) is 3.15. The Morgan fingerprint density at radius 2 is 1.96 bits per heavy atom. The molecule has 3 rings (SSSR count). The first-order valence-corrected chi connectivity index (χ1v) is 8.86. The number of carbonyl (C=O) groups excluding carboxylic acids is 2. The van der Waals surface area contributed by atoms with Gasteiger partial charge in [0, 0.05) is 11.6 Å². The third kappa shape index (κ3) is 3.35. The highest BCUT2D eigenvalue weighted by molar-refractivity contribution is 8.00. The van der Waals surface area contributed by atoms with Gasteiger partial charge in [-0.3, -0.25) is 14.5 Å². The van der Waals surface area contributed by atoms with E-state index in [1.165, 1.54) is 18.7 Å². The predicted molar refractivity (Wildman–Crippen MR) is 98.7 cm³/mol. The fourth-order valence-electron chi connectivity index (χ4n) is 2.83. The minimum atomic E-state index is -0.200. The molecular weight excluding hydrogens is 338 g/mol.